The van der Waals surface area contributed by atoms with Gasteiger partial charge in [0.25, 0.3) is 0 Å². The van der Waals surface area contributed by atoms with Gasteiger partial charge in [0.2, 0.25) is 0 Å². The van der Waals surface area contributed by atoms with Gasteiger partial charge >= 0.3 is 0 Å². The highest BCUT2D eigenvalue weighted by Crippen LogP contribution is 2.16. The van der Waals surface area contributed by atoms with Crippen molar-refractivity contribution < 1.29 is 0 Å². The van der Waals surface area contributed by atoms with E-state index in [1.165, 1.54) is 0 Å². The van der Waals surface area contributed by atoms with Gasteiger partial charge in [-0.15, -0.1) is 0 Å². The number of nitriles is 2. The number of hydrogen-bond donors (Lipinski definition) is 0. The van der Waals surface area contributed by atoms with Crippen LogP contribution in [0.3, 0.4) is 0 Å². The van der Waals surface area contributed by atoms with E-state index in [1.54, 1.807) is 0 Å². The second-order valence-corrected chi connectivity index (χ2v) is 5.21. The maximum absolute atomic E-state index is 9.12. The first kappa shape index (κ1) is 14.9. The van der Waals surface area contributed by atoms with Gasteiger partial charge in [-0.3, -0.25) is 4.90 Å². The van der Waals surface area contributed by atoms with Gasteiger partial charge in [-0.1, -0.05) is 27.7 Å². The van der Waals surface area contributed by atoms with E-state index in [0.717, 1.165) is 12.8 Å². The maximum atomic E-state index is 9.12. The fourth-order valence-electron chi connectivity index (χ4n) is 1.73. The minimum Gasteiger partial charge on any atom is -0.275 e. The van der Waals surface area contributed by atoms with Gasteiger partial charge in [-0.05, 0) is 31.7 Å². The summed E-state index contributed by atoms with van der Waals surface area (Å²) in [5, 5.41) is 18.2. The Balaban J connectivity index is 4.53. The molecule has 2 atom stereocenters. The molecular formula is C13H23N3. The van der Waals surface area contributed by atoms with Gasteiger partial charge in [0, 0.05) is 0 Å². The summed E-state index contributed by atoms with van der Waals surface area (Å²) in [5.41, 5.74) is 0. The van der Waals surface area contributed by atoms with Crippen LogP contribution < -0.4 is 0 Å². The third-order valence-electron chi connectivity index (χ3n) is 2.67. The molecule has 2 unspecified atom stereocenters. The molecule has 0 spiro atoms. The first-order valence-electron chi connectivity index (χ1n) is 5.93. The molecule has 90 valence electrons. The zero-order chi connectivity index (χ0) is 12.7. The van der Waals surface area contributed by atoms with Crippen LogP contribution in [0.1, 0.15) is 40.5 Å². The minimum absolute atomic E-state index is 0.150. The second kappa shape index (κ2) is 7.25. The zero-order valence-electron chi connectivity index (χ0n) is 11.1. The highest BCUT2D eigenvalue weighted by atomic mass is 15.2. The Morgan fingerprint density at radius 2 is 1.19 bits per heavy atom. The molecule has 16 heavy (non-hydrogen) atoms. The van der Waals surface area contributed by atoms with Crippen LogP contribution in [0.4, 0.5) is 0 Å². The van der Waals surface area contributed by atoms with Crippen LogP contribution >= 0.6 is 0 Å². The van der Waals surface area contributed by atoms with Crippen molar-refractivity contribution in [3.8, 4) is 12.1 Å². The van der Waals surface area contributed by atoms with E-state index in [4.69, 9.17) is 10.5 Å². The van der Waals surface area contributed by atoms with Crippen molar-refractivity contribution in [2.45, 2.75) is 52.6 Å². The number of hydrogen-bond acceptors (Lipinski definition) is 3. The van der Waals surface area contributed by atoms with E-state index in [9.17, 15) is 0 Å². The molecule has 0 rings (SSSR count). The van der Waals surface area contributed by atoms with Crippen LogP contribution in [-0.4, -0.2) is 24.0 Å². The third-order valence-corrected chi connectivity index (χ3v) is 2.67. The smallest absolute Gasteiger partial charge is 0.0988 e. The monoisotopic (exact) mass is 221 g/mol. The standard InChI is InChI=1S/C13H23N3/c1-10(2)6-12(8-14)16(5)13(9-15)7-11(3)4/h10-13H,6-7H2,1-5H3. The molecule has 3 heteroatoms. The summed E-state index contributed by atoms with van der Waals surface area (Å²) in [7, 11) is 1.88. The molecule has 0 aromatic heterocycles. The summed E-state index contributed by atoms with van der Waals surface area (Å²) in [6, 6.07) is 4.29. The molecule has 3 nitrogen and oxygen atoms in total. The Bertz CT molecular complexity index is 242. The summed E-state index contributed by atoms with van der Waals surface area (Å²) in [4.78, 5) is 1.92. The average molecular weight is 221 g/mol. The fourth-order valence-corrected chi connectivity index (χ4v) is 1.73. The van der Waals surface area contributed by atoms with Crippen molar-refractivity contribution >= 4 is 0 Å². The van der Waals surface area contributed by atoms with Crippen molar-refractivity contribution in [1.29, 1.82) is 10.5 Å². The van der Waals surface area contributed by atoms with Crippen LogP contribution in [0.15, 0.2) is 0 Å². The van der Waals surface area contributed by atoms with Gasteiger partial charge in [0.1, 0.15) is 0 Å². The van der Waals surface area contributed by atoms with Crippen LogP contribution in [0.25, 0.3) is 0 Å². The molecule has 0 aromatic rings. The lowest BCUT2D eigenvalue weighted by atomic mass is 9.99. The minimum atomic E-state index is -0.150. The molecule has 0 amide bonds. The molecule has 0 saturated carbocycles. The molecule has 0 aromatic carbocycles. The number of rotatable bonds is 6. The normalized spacial score (nSPS) is 14.9. The first-order chi connectivity index (χ1) is 7.42. The summed E-state index contributed by atoms with van der Waals surface area (Å²) in [6.07, 6.45) is 1.65. The van der Waals surface area contributed by atoms with Crippen LogP contribution in [-0.2, 0) is 0 Å². The molecule has 0 fully saturated rings. The van der Waals surface area contributed by atoms with Crippen LogP contribution in [0.5, 0.6) is 0 Å². The molecule has 0 saturated heterocycles. The molecule has 0 aliphatic heterocycles. The maximum Gasteiger partial charge on any atom is 0.0988 e. The van der Waals surface area contributed by atoms with E-state index in [2.05, 4.69) is 39.8 Å². The van der Waals surface area contributed by atoms with E-state index in [0.29, 0.717) is 11.8 Å². The molecule has 0 radical (unpaired) electrons. The average Bonchev–Trinajstić information content (AvgIpc) is 2.20. The van der Waals surface area contributed by atoms with Crippen molar-refractivity contribution in [3.63, 3.8) is 0 Å². The zero-order valence-corrected chi connectivity index (χ0v) is 11.1. The molecule has 0 aliphatic rings. The van der Waals surface area contributed by atoms with Gasteiger partial charge in [0.05, 0.1) is 24.2 Å². The van der Waals surface area contributed by atoms with E-state index in [-0.39, 0.29) is 12.1 Å². The predicted molar refractivity (Wildman–Crippen MR) is 65.5 cm³/mol. The Morgan fingerprint density at radius 3 is 1.38 bits per heavy atom. The topological polar surface area (TPSA) is 50.8 Å². The predicted octanol–water partition coefficient (Wildman–Crippen LogP) is 2.79. The Morgan fingerprint density at radius 1 is 0.875 bits per heavy atom. The lowest BCUT2D eigenvalue weighted by Crippen LogP contribution is -2.40. The van der Waals surface area contributed by atoms with Crippen molar-refractivity contribution in [2.75, 3.05) is 7.05 Å². The summed E-state index contributed by atoms with van der Waals surface area (Å²) in [5.74, 6) is 0.955. The van der Waals surface area contributed by atoms with E-state index < -0.39 is 0 Å². The highest BCUT2D eigenvalue weighted by molar-refractivity contribution is 5.00. The summed E-state index contributed by atoms with van der Waals surface area (Å²) in [6.45, 7) is 8.40. The van der Waals surface area contributed by atoms with Crippen LogP contribution in [0, 0.1) is 34.5 Å². The number of nitrogens with zero attached hydrogens (tertiary/aromatic N) is 3. The molecule has 0 aliphatic carbocycles. The summed E-state index contributed by atoms with van der Waals surface area (Å²) < 4.78 is 0. The Hall–Kier alpha value is -1.06. The van der Waals surface area contributed by atoms with E-state index >= 15 is 0 Å². The SMILES string of the molecule is CC(C)CC(C#N)N(C)C(C#N)CC(C)C. The highest BCUT2D eigenvalue weighted by Gasteiger charge is 2.23. The van der Waals surface area contributed by atoms with Crippen molar-refractivity contribution in [3.05, 3.63) is 0 Å². The molecule has 0 heterocycles. The van der Waals surface area contributed by atoms with Crippen molar-refractivity contribution in [1.82, 2.24) is 4.90 Å². The second-order valence-electron chi connectivity index (χ2n) is 5.21. The van der Waals surface area contributed by atoms with Gasteiger partial charge in [0.15, 0.2) is 0 Å². The Labute approximate surface area is 99.7 Å². The fraction of sp³-hybridized carbons (Fsp3) is 0.846. The molecule has 0 bridgehead atoms. The molecule has 0 N–H and O–H groups in total. The largest absolute Gasteiger partial charge is 0.275 e. The van der Waals surface area contributed by atoms with Crippen molar-refractivity contribution in [2.24, 2.45) is 11.8 Å². The first-order valence-corrected chi connectivity index (χ1v) is 5.93. The third kappa shape index (κ3) is 5.14. The lowest BCUT2D eigenvalue weighted by Gasteiger charge is -2.28. The quantitative estimate of drug-likeness (QED) is 0.693. The van der Waals surface area contributed by atoms with Gasteiger partial charge in [-0.25, -0.2) is 0 Å². The van der Waals surface area contributed by atoms with Crippen LogP contribution in [0.2, 0.25) is 0 Å². The van der Waals surface area contributed by atoms with Gasteiger partial charge in [-0.2, -0.15) is 10.5 Å². The summed E-state index contributed by atoms with van der Waals surface area (Å²) >= 11 is 0. The van der Waals surface area contributed by atoms with Gasteiger partial charge < -0.3 is 0 Å². The van der Waals surface area contributed by atoms with E-state index in [1.807, 2.05) is 11.9 Å². The lowest BCUT2D eigenvalue weighted by molar-refractivity contribution is 0.202. The Kier molecular flexibility index (Phi) is 6.77. The molecular weight excluding hydrogens is 198 g/mol.